The van der Waals surface area contributed by atoms with Gasteiger partial charge in [0.05, 0.1) is 7.11 Å². The van der Waals surface area contributed by atoms with Crippen LogP contribution in [0, 0.1) is 25.5 Å². The van der Waals surface area contributed by atoms with Crippen molar-refractivity contribution in [2.75, 3.05) is 7.11 Å². The number of aliphatic hydroxyl groups excluding tert-OH is 1. The number of hydrogen-bond donors (Lipinski definition) is 1. The van der Waals surface area contributed by atoms with Gasteiger partial charge in [-0.3, -0.25) is 0 Å². The van der Waals surface area contributed by atoms with Gasteiger partial charge in [0.1, 0.15) is 23.5 Å². The monoisotopic (exact) mass is 278 g/mol. The summed E-state index contributed by atoms with van der Waals surface area (Å²) >= 11 is 0. The number of benzene rings is 2. The van der Waals surface area contributed by atoms with Crippen molar-refractivity contribution in [3.63, 3.8) is 0 Å². The minimum Gasteiger partial charge on any atom is -0.496 e. The standard InChI is InChI=1S/C16H16F2O2/c1-9-4-6-13(16(20-3)10(9)2)15(19)12-7-5-11(17)8-14(12)18/h4-8,15,19H,1-3H3. The summed E-state index contributed by atoms with van der Waals surface area (Å²) in [5.41, 5.74) is 2.37. The van der Waals surface area contributed by atoms with Crippen molar-refractivity contribution < 1.29 is 18.6 Å². The largest absolute Gasteiger partial charge is 0.496 e. The van der Waals surface area contributed by atoms with Crippen molar-refractivity contribution in [1.82, 2.24) is 0 Å². The zero-order valence-electron chi connectivity index (χ0n) is 11.6. The summed E-state index contributed by atoms with van der Waals surface area (Å²) < 4.78 is 32.0. The molecule has 0 fully saturated rings. The van der Waals surface area contributed by atoms with Gasteiger partial charge in [-0.05, 0) is 31.0 Å². The van der Waals surface area contributed by atoms with E-state index in [9.17, 15) is 13.9 Å². The molecule has 2 rings (SSSR count). The van der Waals surface area contributed by atoms with Gasteiger partial charge in [0.15, 0.2) is 0 Å². The Morgan fingerprint density at radius 1 is 1.05 bits per heavy atom. The Balaban J connectivity index is 2.53. The summed E-state index contributed by atoms with van der Waals surface area (Å²) in [5.74, 6) is -0.940. The van der Waals surface area contributed by atoms with Crippen LogP contribution < -0.4 is 4.74 Å². The van der Waals surface area contributed by atoms with E-state index in [4.69, 9.17) is 4.74 Å². The predicted octanol–water partition coefficient (Wildman–Crippen LogP) is 3.67. The molecule has 1 unspecified atom stereocenters. The van der Waals surface area contributed by atoms with Crippen LogP contribution in [0.3, 0.4) is 0 Å². The normalized spacial score (nSPS) is 12.3. The van der Waals surface area contributed by atoms with Gasteiger partial charge < -0.3 is 9.84 Å². The first-order chi connectivity index (χ1) is 9.45. The minimum atomic E-state index is -1.20. The van der Waals surface area contributed by atoms with E-state index in [1.54, 1.807) is 6.07 Å². The Morgan fingerprint density at radius 3 is 2.30 bits per heavy atom. The number of aliphatic hydroxyl groups is 1. The molecule has 4 heteroatoms. The number of rotatable bonds is 3. The van der Waals surface area contributed by atoms with Crippen molar-refractivity contribution in [1.29, 1.82) is 0 Å². The molecule has 1 N–H and O–H groups in total. The van der Waals surface area contributed by atoms with Gasteiger partial charge in [0, 0.05) is 17.2 Å². The van der Waals surface area contributed by atoms with Crippen LogP contribution in [0.1, 0.15) is 28.4 Å². The molecule has 0 saturated carbocycles. The summed E-state index contributed by atoms with van der Waals surface area (Å²) in [6.45, 7) is 3.79. The molecular weight excluding hydrogens is 262 g/mol. The molecule has 0 aliphatic heterocycles. The van der Waals surface area contributed by atoms with Crippen molar-refractivity contribution >= 4 is 0 Å². The van der Waals surface area contributed by atoms with E-state index in [0.29, 0.717) is 11.3 Å². The maximum absolute atomic E-state index is 13.8. The third-order valence-corrected chi connectivity index (χ3v) is 3.46. The molecule has 2 aromatic rings. The molecular formula is C16H16F2O2. The van der Waals surface area contributed by atoms with E-state index in [1.165, 1.54) is 13.2 Å². The second-order valence-corrected chi connectivity index (χ2v) is 4.70. The van der Waals surface area contributed by atoms with Gasteiger partial charge in [0.25, 0.3) is 0 Å². The molecule has 0 bridgehead atoms. The average molecular weight is 278 g/mol. The highest BCUT2D eigenvalue weighted by atomic mass is 19.1. The summed E-state index contributed by atoms with van der Waals surface area (Å²) in [5, 5.41) is 10.3. The number of methoxy groups -OCH3 is 1. The molecule has 0 saturated heterocycles. The van der Waals surface area contributed by atoms with Gasteiger partial charge >= 0.3 is 0 Å². The summed E-state index contributed by atoms with van der Waals surface area (Å²) in [6, 6.07) is 6.64. The van der Waals surface area contributed by atoms with Gasteiger partial charge in [-0.15, -0.1) is 0 Å². The summed E-state index contributed by atoms with van der Waals surface area (Å²) in [6.07, 6.45) is -1.20. The molecule has 0 radical (unpaired) electrons. The van der Waals surface area contributed by atoms with E-state index in [1.807, 2.05) is 19.9 Å². The fourth-order valence-electron chi connectivity index (χ4n) is 2.19. The molecule has 1 atom stereocenters. The van der Waals surface area contributed by atoms with Gasteiger partial charge in [-0.2, -0.15) is 0 Å². The van der Waals surface area contributed by atoms with E-state index in [0.717, 1.165) is 23.3 Å². The summed E-state index contributed by atoms with van der Waals surface area (Å²) in [4.78, 5) is 0. The van der Waals surface area contributed by atoms with E-state index < -0.39 is 17.7 Å². The van der Waals surface area contributed by atoms with Crippen LogP contribution in [-0.2, 0) is 0 Å². The van der Waals surface area contributed by atoms with Gasteiger partial charge in [-0.25, -0.2) is 8.78 Å². The first kappa shape index (κ1) is 14.5. The van der Waals surface area contributed by atoms with Crippen LogP contribution in [-0.4, -0.2) is 12.2 Å². The highest BCUT2D eigenvalue weighted by Gasteiger charge is 2.21. The number of hydrogen-bond acceptors (Lipinski definition) is 2. The van der Waals surface area contributed by atoms with Crippen molar-refractivity contribution in [2.24, 2.45) is 0 Å². The van der Waals surface area contributed by atoms with Crippen LogP contribution in [0.5, 0.6) is 5.75 Å². The van der Waals surface area contributed by atoms with Gasteiger partial charge in [-0.1, -0.05) is 18.2 Å². The third-order valence-electron chi connectivity index (χ3n) is 3.46. The maximum Gasteiger partial charge on any atom is 0.132 e. The molecule has 0 aliphatic carbocycles. The number of halogens is 2. The van der Waals surface area contributed by atoms with Crippen molar-refractivity contribution in [3.05, 3.63) is 64.2 Å². The first-order valence-electron chi connectivity index (χ1n) is 6.22. The van der Waals surface area contributed by atoms with Crippen LogP contribution in [0.25, 0.3) is 0 Å². The molecule has 106 valence electrons. The second-order valence-electron chi connectivity index (χ2n) is 4.70. The van der Waals surface area contributed by atoms with E-state index in [2.05, 4.69) is 0 Å². The van der Waals surface area contributed by atoms with Crippen molar-refractivity contribution in [2.45, 2.75) is 20.0 Å². The zero-order valence-corrected chi connectivity index (χ0v) is 11.6. The second kappa shape index (κ2) is 5.59. The molecule has 0 aliphatic rings. The van der Waals surface area contributed by atoms with Gasteiger partial charge in [0.2, 0.25) is 0 Å². The summed E-state index contributed by atoms with van der Waals surface area (Å²) in [7, 11) is 1.50. The van der Waals surface area contributed by atoms with Crippen molar-refractivity contribution in [3.8, 4) is 5.75 Å². The Morgan fingerprint density at radius 2 is 1.70 bits per heavy atom. The highest BCUT2D eigenvalue weighted by molar-refractivity contribution is 5.48. The van der Waals surface area contributed by atoms with Crippen LogP contribution in [0.4, 0.5) is 8.78 Å². The molecule has 20 heavy (non-hydrogen) atoms. The first-order valence-corrected chi connectivity index (χ1v) is 6.22. The lowest BCUT2D eigenvalue weighted by Gasteiger charge is -2.18. The average Bonchev–Trinajstić information content (AvgIpc) is 2.41. The topological polar surface area (TPSA) is 29.5 Å². The Labute approximate surface area is 116 Å². The number of aryl methyl sites for hydroxylation is 1. The Bertz CT molecular complexity index is 639. The lowest BCUT2D eigenvalue weighted by atomic mass is 9.96. The maximum atomic E-state index is 13.8. The lowest BCUT2D eigenvalue weighted by molar-refractivity contribution is 0.209. The third kappa shape index (κ3) is 2.51. The molecule has 0 aromatic heterocycles. The molecule has 0 spiro atoms. The molecule has 0 amide bonds. The lowest BCUT2D eigenvalue weighted by Crippen LogP contribution is -2.06. The van der Waals surface area contributed by atoms with Crippen LogP contribution in [0.15, 0.2) is 30.3 Å². The SMILES string of the molecule is COc1c(C(O)c2ccc(F)cc2F)ccc(C)c1C. The van der Waals surface area contributed by atoms with E-state index in [-0.39, 0.29) is 5.56 Å². The highest BCUT2D eigenvalue weighted by Crippen LogP contribution is 2.34. The predicted molar refractivity (Wildman–Crippen MR) is 72.9 cm³/mol. The van der Waals surface area contributed by atoms with Crippen LogP contribution >= 0.6 is 0 Å². The minimum absolute atomic E-state index is 0.0213. The Hall–Kier alpha value is -1.94. The fraction of sp³-hybridized carbons (Fsp3) is 0.250. The molecule has 0 heterocycles. The smallest absolute Gasteiger partial charge is 0.132 e. The van der Waals surface area contributed by atoms with Crippen LogP contribution in [0.2, 0.25) is 0 Å². The zero-order chi connectivity index (χ0) is 14.9. The molecule has 2 aromatic carbocycles. The Kier molecular flexibility index (Phi) is 4.04. The molecule has 2 nitrogen and oxygen atoms in total. The number of ether oxygens (including phenoxy) is 1. The fourth-order valence-corrected chi connectivity index (χ4v) is 2.19. The van der Waals surface area contributed by atoms with E-state index >= 15 is 0 Å². The quantitative estimate of drug-likeness (QED) is 0.928.